The fourth-order valence-corrected chi connectivity index (χ4v) is 1.17. The summed E-state index contributed by atoms with van der Waals surface area (Å²) in [6, 6.07) is 9.62. The first-order valence-electron chi connectivity index (χ1n) is 5.48. The predicted molar refractivity (Wildman–Crippen MR) is 70.4 cm³/mol. The second-order valence-electron chi connectivity index (χ2n) is 3.37. The predicted octanol–water partition coefficient (Wildman–Crippen LogP) is 3.38. The van der Waals surface area contributed by atoms with Crippen molar-refractivity contribution in [2.24, 2.45) is 0 Å². The summed E-state index contributed by atoms with van der Waals surface area (Å²) in [7, 11) is 0. The van der Waals surface area contributed by atoms with Gasteiger partial charge < -0.3 is 4.74 Å². The molecule has 0 saturated carbocycles. The van der Waals surface area contributed by atoms with Gasteiger partial charge in [0.2, 0.25) is 0 Å². The third-order valence-corrected chi connectivity index (χ3v) is 2.00. The maximum atomic E-state index is 11.3. The van der Waals surface area contributed by atoms with E-state index in [1.165, 1.54) is 6.08 Å². The van der Waals surface area contributed by atoms with Gasteiger partial charge >= 0.3 is 5.97 Å². The molecule has 2 nitrogen and oxygen atoms in total. The molecule has 0 aromatic heterocycles. The van der Waals surface area contributed by atoms with Gasteiger partial charge in [-0.05, 0) is 18.1 Å². The monoisotopic (exact) mass is 228 g/mol. The standard InChI is InChI=1S/C15H16O2/c1-2-3-4-8-13-17-15(16)12-11-14-9-6-5-7-10-14/h2,4-12H,1,3,13H2/b8-4+,12-11+. The molecule has 0 N–H and O–H groups in total. The van der Waals surface area contributed by atoms with Crippen LogP contribution in [-0.2, 0) is 9.53 Å². The molecule has 0 heterocycles. The van der Waals surface area contributed by atoms with Crippen LogP contribution in [0.2, 0.25) is 0 Å². The molecule has 0 bridgehead atoms. The third-order valence-electron chi connectivity index (χ3n) is 2.00. The second kappa shape index (κ2) is 8.11. The van der Waals surface area contributed by atoms with Crippen LogP contribution in [0.4, 0.5) is 0 Å². The van der Waals surface area contributed by atoms with Gasteiger partial charge in [0.15, 0.2) is 0 Å². The Bertz CT molecular complexity index is 402. The number of carbonyl (C=O) groups excluding carboxylic acids is 1. The fourth-order valence-electron chi connectivity index (χ4n) is 1.17. The van der Waals surface area contributed by atoms with E-state index in [-0.39, 0.29) is 5.97 Å². The molecule has 1 aromatic rings. The number of carbonyl (C=O) groups is 1. The minimum absolute atomic E-state index is 0.297. The van der Waals surface area contributed by atoms with E-state index < -0.39 is 0 Å². The molecule has 0 aliphatic rings. The van der Waals surface area contributed by atoms with Crippen LogP contribution in [0.25, 0.3) is 6.08 Å². The lowest BCUT2D eigenvalue weighted by atomic mass is 10.2. The molecule has 0 saturated heterocycles. The molecule has 17 heavy (non-hydrogen) atoms. The van der Waals surface area contributed by atoms with Crippen molar-refractivity contribution < 1.29 is 9.53 Å². The van der Waals surface area contributed by atoms with Crippen molar-refractivity contribution in [3.05, 3.63) is 66.8 Å². The Morgan fingerprint density at radius 3 is 2.71 bits per heavy atom. The zero-order chi connectivity index (χ0) is 12.3. The normalized spacial score (nSPS) is 10.8. The lowest BCUT2D eigenvalue weighted by Gasteiger charge is -1.96. The maximum absolute atomic E-state index is 11.3. The maximum Gasteiger partial charge on any atom is 0.331 e. The molecule has 0 fully saturated rings. The van der Waals surface area contributed by atoms with Crippen LogP contribution in [-0.4, -0.2) is 12.6 Å². The van der Waals surface area contributed by atoms with E-state index in [0.29, 0.717) is 6.61 Å². The first-order valence-corrected chi connectivity index (χ1v) is 5.48. The average molecular weight is 228 g/mol. The van der Waals surface area contributed by atoms with Gasteiger partial charge in [-0.1, -0.05) is 48.6 Å². The summed E-state index contributed by atoms with van der Waals surface area (Å²) in [5.74, 6) is -0.336. The van der Waals surface area contributed by atoms with Crippen molar-refractivity contribution in [1.29, 1.82) is 0 Å². The van der Waals surface area contributed by atoms with E-state index in [9.17, 15) is 4.79 Å². The summed E-state index contributed by atoms with van der Waals surface area (Å²) >= 11 is 0. The van der Waals surface area contributed by atoms with Crippen LogP contribution >= 0.6 is 0 Å². The Kier molecular flexibility index (Phi) is 6.19. The van der Waals surface area contributed by atoms with Crippen LogP contribution in [0.3, 0.4) is 0 Å². The van der Waals surface area contributed by atoms with Crippen LogP contribution < -0.4 is 0 Å². The summed E-state index contributed by atoms with van der Waals surface area (Å²) in [6.45, 7) is 3.88. The van der Waals surface area contributed by atoms with Crippen LogP contribution in [0.5, 0.6) is 0 Å². The molecule has 0 aliphatic heterocycles. The summed E-state index contributed by atoms with van der Waals surface area (Å²) in [6.07, 6.45) is 9.44. The van der Waals surface area contributed by atoms with E-state index in [2.05, 4.69) is 6.58 Å². The smallest absolute Gasteiger partial charge is 0.331 e. The Labute approximate surface area is 102 Å². The first-order chi connectivity index (χ1) is 8.33. The van der Waals surface area contributed by atoms with E-state index in [4.69, 9.17) is 4.74 Å². The highest BCUT2D eigenvalue weighted by molar-refractivity contribution is 5.87. The minimum Gasteiger partial charge on any atom is -0.458 e. The SMILES string of the molecule is C=CC/C=C/COC(=O)/C=C/c1ccccc1. The number of esters is 1. The summed E-state index contributed by atoms with van der Waals surface area (Å²) in [5, 5.41) is 0. The first kappa shape index (κ1) is 13.0. The highest BCUT2D eigenvalue weighted by Gasteiger charge is 1.93. The molecule has 0 spiro atoms. The van der Waals surface area contributed by atoms with Crippen molar-refractivity contribution in [1.82, 2.24) is 0 Å². The van der Waals surface area contributed by atoms with E-state index in [1.54, 1.807) is 18.2 Å². The van der Waals surface area contributed by atoms with Gasteiger partial charge in [0.05, 0.1) is 0 Å². The fraction of sp³-hybridized carbons (Fsp3) is 0.133. The van der Waals surface area contributed by atoms with Crippen molar-refractivity contribution in [2.45, 2.75) is 6.42 Å². The lowest BCUT2D eigenvalue weighted by Crippen LogP contribution is -1.99. The number of rotatable bonds is 6. The van der Waals surface area contributed by atoms with Crippen molar-refractivity contribution in [2.75, 3.05) is 6.61 Å². The van der Waals surface area contributed by atoms with E-state index in [0.717, 1.165) is 12.0 Å². The molecule has 1 aromatic carbocycles. The minimum atomic E-state index is -0.336. The van der Waals surface area contributed by atoms with Gasteiger partial charge in [0, 0.05) is 6.08 Å². The Hall–Kier alpha value is -2.09. The van der Waals surface area contributed by atoms with Crippen molar-refractivity contribution in [3.63, 3.8) is 0 Å². The number of ether oxygens (including phenoxy) is 1. The molecule has 2 heteroatoms. The quantitative estimate of drug-likeness (QED) is 0.424. The zero-order valence-corrected chi connectivity index (χ0v) is 9.71. The highest BCUT2D eigenvalue weighted by Crippen LogP contribution is 2.01. The second-order valence-corrected chi connectivity index (χ2v) is 3.37. The highest BCUT2D eigenvalue weighted by atomic mass is 16.5. The summed E-state index contributed by atoms with van der Waals surface area (Å²) in [5.41, 5.74) is 0.978. The van der Waals surface area contributed by atoms with Crippen molar-refractivity contribution in [3.8, 4) is 0 Å². The number of hydrogen-bond donors (Lipinski definition) is 0. The molecule has 1 rings (SSSR count). The molecular weight excluding hydrogens is 212 g/mol. The van der Waals surface area contributed by atoms with Crippen LogP contribution in [0.1, 0.15) is 12.0 Å². The lowest BCUT2D eigenvalue weighted by molar-refractivity contribution is -0.136. The number of allylic oxidation sites excluding steroid dienone is 2. The largest absolute Gasteiger partial charge is 0.458 e. The van der Waals surface area contributed by atoms with Gasteiger partial charge in [0.1, 0.15) is 6.61 Å². The van der Waals surface area contributed by atoms with E-state index in [1.807, 2.05) is 36.4 Å². The molecule has 0 radical (unpaired) electrons. The molecule has 0 atom stereocenters. The molecule has 0 aliphatic carbocycles. The zero-order valence-electron chi connectivity index (χ0n) is 9.71. The van der Waals surface area contributed by atoms with Gasteiger partial charge in [-0.3, -0.25) is 0 Å². The average Bonchev–Trinajstić information content (AvgIpc) is 2.37. The molecule has 88 valence electrons. The number of hydrogen-bond acceptors (Lipinski definition) is 2. The van der Waals surface area contributed by atoms with Crippen molar-refractivity contribution >= 4 is 12.0 Å². The summed E-state index contributed by atoms with van der Waals surface area (Å²) < 4.78 is 4.96. The molecular formula is C15H16O2. The van der Waals surface area contributed by atoms with Gasteiger partial charge in [-0.15, -0.1) is 6.58 Å². The molecule has 0 unspecified atom stereocenters. The van der Waals surface area contributed by atoms with E-state index >= 15 is 0 Å². The van der Waals surface area contributed by atoms with Gasteiger partial charge in [0.25, 0.3) is 0 Å². The summed E-state index contributed by atoms with van der Waals surface area (Å²) in [4.78, 5) is 11.3. The van der Waals surface area contributed by atoms with Crippen LogP contribution in [0.15, 0.2) is 61.2 Å². The Balaban J connectivity index is 2.30. The number of benzene rings is 1. The Morgan fingerprint density at radius 2 is 2.00 bits per heavy atom. The molecule has 0 amide bonds. The third kappa shape index (κ3) is 6.15. The van der Waals surface area contributed by atoms with Gasteiger partial charge in [-0.25, -0.2) is 4.79 Å². The van der Waals surface area contributed by atoms with Gasteiger partial charge in [-0.2, -0.15) is 0 Å². The topological polar surface area (TPSA) is 26.3 Å². The Morgan fingerprint density at radius 1 is 1.24 bits per heavy atom. The van der Waals surface area contributed by atoms with Crippen LogP contribution in [0, 0.1) is 0 Å².